The summed E-state index contributed by atoms with van der Waals surface area (Å²) in [6, 6.07) is 11.2. The molecule has 0 fully saturated rings. The number of carboxylic acids is 1. The monoisotopic (exact) mass is 431 g/mol. The van der Waals surface area contributed by atoms with E-state index >= 15 is 0 Å². The maximum atomic E-state index is 14.6. The van der Waals surface area contributed by atoms with E-state index in [4.69, 9.17) is 16.3 Å². The van der Waals surface area contributed by atoms with Gasteiger partial charge in [-0.2, -0.15) is 0 Å². The fourth-order valence-corrected chi connectivity index (χ4v) is 5.07. The summed E-state index contributed by atoms with van der Waals surface area (Å²) in [6.45, 7) is 0. The van der Waals surface area contributed by atoms with Gasteiger partial charge in [-0.25, -0.2) is 9.18 Å². The fourth-order valence-electron chi connectivity index (χ4n) is 3.55. The molecule has 5 nitrogen and oxygen atoms in total. The van der Waals surface area contributed by atoms with Crippen LogP contribution < -0.4 is 10.1 Å². The number of hydrogen-bond acceptors (Lipinski definition) is 4. The molecule has 0 unspecified atom stereocenters. The van der Waals surface area contributed by atoms with Crippen LogP contribution in [0.5, 0.6) is 5.75 Å². The van der Waals surface area contributed by atoms with E-state index in [1.54, 1.807) is 30.3 Å². The normalized spacial score (nSPS) is 15.6. The topological polar surface area (TPSA) is 75.6 Å². The average Bonchev–Trinajstić information content (AvgIpc) is 3.07. The van der Waals surface area contributed by atoms with Crippen molar-refractivity contribution < 1.29 is 23.8 Å². The summed E-state index contributed by atoms with van der Waals surface area (Å²) in [5.41, 5.74) is 1.59. The van der Waals surface area contributed by atoms with Crippen LogP contribution in [-0.2, 0) is 4.79 Å². The van der Waals surface area contributed by atoms with Crippen molar-refractivity contribution in [1.82, 2.24) is 0 Å². The number of anilines is 1. The number of fused-ring (bicyclic) bond motifs is 1. The number of hydrogen-bond donors (Lipinski definition) is 2. The molecule has 2 N–H and O–H groups in total. The molecule has 29 heavy (non-hydrogen) atoms. The Kier molecular flexibility index (Phi) is 5.02. The van der Waals surface area contributed by atoms with Gasteiger partial charge in [0.2, 0.25) is 5.91 Å². The molecule has 2 aromatic carbocycles. The molecule has 2 heterocycles. The van der Waals surface area contributed by atoms with E-state index in [1.807, 2.05) is 0 Å². The number of nitrogens with one attached hydrogen (secondary N) is 1. The van der Waals surface area contributed by atoms with Gasteiger partial charge in [-0.3, -0.25) is 4.79 Å². The van der Waals surface area contributed by atoms with Gasteiger partial charge in [-0.1, -0.05) is 29.8 Å². The highest BCUT2D eigenvalue weighted by molar-refractivity contribution is 7.15. The first-order valence-corrected chi connectivity index (χ1v) is 9.88. The second-order valence-corrected chi connectivity index (χ2v) is 7.98. The average molecular weight is 432 g/mol. The number of methoxy groups -OCH3 is 1. The molecule has 3 aromatic rings. The third kappa shape index (κ3) is 3.36. The summed E-state index contributed by atoms with van der Waals surface area (Å²) in [5, 5.41) is 12.8. The lowest BCUT2D eigenvalue weighted by atomic mass is 9.88. The Balaban J connectivity index is 1.95. The van der Waals surface area contributed by atoms with Crippen molar-refractivity contribution >= 4 is 40.5 Å². The van der Waals surface area contributed by atoms with Gasteiger partial charge < -0.3 is 15.2 Å². The third-order valence-corrected chi connectivity index (χ3v) is 6.45. The summed E-state index contributed by atoms with van der Waals surface area (Å²) < 4.78 is 19.7. The van der Waals surface area contributed by atoms with Crippen LogP contribution in [0.3, 0.4) is 0 Å². The highest BCUT2D eigenvalue weighted by Crippen LogP contribution is 2.50. The van der Waals surface area contributed by atoms with Crippen LogP contribution in [0.4, 0.5) is 10.1 Å². The van der Waals surface area contributed by atoms with Gasteiger partial charge in [0, 0.05) is 33.4 Å². The molecule has 1 atom stereocenters. The SMILES string of the molecule is COc1ccc(-c2c(C(=O)O)sc3c2NC(=O)C[C@H]3c2c(F)cccc2Cl)cc1. The zero-order valence-electron chi connectivity index (χ0n) is 15.2. The molecule has 0 radical (unpaired) electrons. The van der Waals surface area contributed by atoms with Crippen molar-refractivity contribution in [1.29, 1.82) is 0 Å². The van der Waals surface area contributed by atoms with Gasteiger partial charge in [-0.05, 0) is 29.8 Å². The molecule has 0 saturated carbocycles. The molecule has 1 aliphatic heterocycles. The maximum absolute atomic E-state index is 14.6. The van der Waals surface area contributed by atoms with Gasteiger partial charge in [0.15, 0.2) is 0 Å². The molecule has 0 spiro atoms. The number of carboxylic acid groups (broad SMARTS) is 1. The summed E-state index contributed by atoms with van der Waals surface area (Å²) in [4.78, 5) is 25.1. The van der Waals surface area contributed by atoms with Crippen molar-refractivity contribution in [2.24, 2.45) is 0 Å². The van der Waals surface area contributed by atoms with Gasteiger partial charge >= 0.3 is 5.97 Å². The first-order valence-electron chi connectivity index (χ1n) is 8.68. The molecule has 1 aromatic heterocycles. The van der Waals surface area contributed by atoms with Crippen LogP contribution >= 0.6 is 22.9 Å². The zero-order valence-corrected chi connectivity index (χ0v) is 16.7. The van der Waals surface area contributed by atoms with Crippen LogP contribution in [0.2, 0.25) is 5.02 Å². The van der Waals surface area contributed by atoms with Crippen molar-refractivity contribution in [2.45, 2.75) is 12.3 Å². The lowest BCUT2D eigenvalue weighted by Crippen LogP contribution is -2.23. The first kappa shape index (κ1) is 19.4. The summed E-state index contributed by atoms with van der Waals surface area (Å²) >= 11 is 7.27. The molecule has 4 rings (SSSR count). The number of benzene rings is 2. The zero-order chi connectivity index (χ0) is 20.7. The molecule has 0 bridgehead atoms. The number of thiophene rings is 1. The summed E-state index contributed by atoms with van der Waals surface area (Å²) in [6.07, 6.45) is -0.0186. The first-order chi connectivity index (χ1) is 13.9. The fraction of sp³-hybridized carbons (Fsp3) is 0.143. The van der Waals surface area contributed by atoms with Crippen LogP contribution in [0.1, 0.15) is 32.5 Å². The standard InChI is InChI=1S/C21H15ClFNO4S/c1-28-11-7-5-10(6-8-11)16-18-19(29-20(16)21(26)27)12(9-15(25)24-18)17-13(22)3-2-4-14(17)23/h2-8,12H,9H2,1H3,(H,24,25)(H,26,27)/t12-/m0/s1. The van der Waals surface area contributed by atoms with Gasteiger partial charge in [0.1, 0.15) is 16.4 Å². The second kappa shape index (κ2) is 7.50. The molecule has 1 amide bonds. The lowest BCUT2D eigenvalue weighted by molar-refractivity contribution is -0.116. The van der Waals surface area contributed by atoms with Gasteiger partial charge in [-0.15, -0.1) is 11.3 Å². The van der Waals surface area contributed by atoms with Crippen LogP contribution in [-0.4, -0.2) is 24.1 Å². The number of rotatable bonds is 4. The number of amides is 1. The van der Waals surface area contributed by atoms with Crippen LogP contribution in [0.15, 0.2) is 42.5 Å². The van der Waals surface area contributed by atoms with Crippen LogP contribution in [0.25, 0.3) is 11.1 Å². The Morgan fingerprint density at radius 3 is 2.62 bits per heavy atom. The van der Waals surface area contributed by atoms with E-state index in [9.17, 15) is 19.1 Å². The predicted molar refractivity (Wildman–Crippen MR) is 110 cm³/mol. The quantitative estimate of drug-likeness (QED) is 0.580. The van der Waals surface area contributed by atoms with Crippen molar-refractivity contribution in [3.05, 3.63) is 68.6 Å². The molecule has 0 saturated heterocycles. The summed E-state index contributed by atoms with van der Waals surface area (Å²) in [7, 11) is 1.53. The summed E-state index contributed by atoms with van der Waals surface area (Å²) in [5.74, 6) is -2.02. The van der Waals surface area contributed by atoms with Crippen molar-refractivity contribution in [2.75, 3.05) is 12.4 Å². The van der Waals surface area contributed by atoms with E-state index in [-0.39, 0.29) is 27.8 Å². The van der Waals surface area contributed by atoms with E-state index < -0.39 is 17.7 Å². The Hall–Kier alpha value is -2.90. The highest BCUT2D eigenvalue weighted by atomic mass is 35.5. The number of halogens is 2. The van der Waals surface area contributed by atoms with Crippen LogP contribution in [0, 0.1) is 5.82 Å². The minimum Gasteiger partial charge on any atom is -0.497 e. The molecular formula is C21H15ClFNO4S. The largest absolute Gasteiger partial charge is 0.497 e. The molecule has 8 heteroatoms. The minimum absolute atomic E-state index is 0.0186. The van der Waals surface area contributed by atoms with E-state index in [0.717, 1.165) is 11.3 Å². The third-order valence-electron chi connectivity index (χ3n) is 4.83. The molecular weight excluding hydrogens is 417 g/mol. The molecule has 148 valence electrons. The maximum Gasteiger partial charge on any atom is 0.346 e. The Morgan fingerprint density at radius 1 is 1.28 bits per heavy atom. The second-order valence-electron chi connectivity index (χ2n) is 6.52. The van der Waals surface area contributed by atoms with E-state index in [2.05, 4.69) is 5.32 Å². The van der Waals surface area contributed by atoms with E-state index in [0.29, 0.717) is 27.4 Å². The predicted octanol–water partition coefficient (Wildman–Crippen LogP) is 5.39. The van der Waals surface area contributed by atoms with Gasteiger partial charge in [0.25, 0.3) is 0 Å². The lowest BCUT2D eigenvalue weighted by Gasteiger charge is -2.25. The van der Waals surface area contributed by atoms with E-state index in [1.165, 1.54) is 19.2 Å². The Bertz CT molecular complexity index is 1110. The Morgan fingerprint density at radius 2 is 2.00 bits per heavy atom. The number of ether oxygens (including phenoxy) is 1. The molecule has 1 aliphatic rings. The minimum atomic E-state index is -1.12. The highest BCUT2D eigenvalue weighted by Gasteiger charge is 2.36. The van der Waals surface area contributed by atoms with Crippen molar-refractivity contribution in [3.8, 4) is 16.9 Å². The Labute approximate surface area is 174 Å². The number of aromatic carboxylic acids is 1. The number of carbonyl (C=O) groups is 2. The smallest absolute Gasteiger partial charge is 0.346 e. The number of carbonyl (C=O) groups excluding carboxylic acids is 1. The van der Waals surface area contributed by atoms with Crippen molar-refractivity contribution in [3.63, 3.8) is 0 Å². The van der Waals surface area contributed by atoms with Gasteiger partial charge in [0.05, 0.1) is 12.8 Å². The molecule has 0 aliphatic carbocycles.